The highest BCUT2D eigenvalue weighted by Crippen LogP contribution is 2.11. The summed E-state index contributed by atoms with van der Waals surface area (Å²) in [5.74, 6) is -0.585. The fraction of sp³-hybridized carbons (Fsp3) is 0.250. The number of rotatable bonds is 5. The van der Waals surface area contributed by atoms with Crippen molar-refractivity contribution in [1.82, 2.24) is 14.5 Å². The molecule has 2 rings (SSSR count). The van der Waals surface area contributed by atoms with Crippen molar-refractivity contribution in [3.63, 3.8) is 0 Å². The van der Waals surface area contributed by atoms with Crippen LogP contribution in [0.3, 0.4) is 0 Å². The van der Waals surface area contributed by atoms with E-state index >= 15 is 0 Å². The molecule has 2 aromatic rings. The molecule has 0 fully saturated rings. The average molecular weight is 246 g/mol. The highest BCUT2D eigenvalue weighted by molar-refractivity contribution is 5.92. The molecule has 2 N–H and O–H groups in total. The minimum Gasteiger partial charge on any atom is -0.478 e. The second kappa shape index (κ2) is 5.31. The number of imidazole rings is 1. The molecule has 0 aliphatic rings. The first kappa shape index (κ1) is 12.1. The fourth-order valence-electron chi connectivity index (χ4n) is 1.65. The predicted octanol–water partition coefficient (Wildman–Crippen LogP) is 1.17. The lowest BCUT2D eigenvalue weighted by Gasteiger charge is -2.08. The van der Waals surface area contributed by atoms with Crippen LogP contribution in [-0.4, -0.2) is 32.2 Å². The molecule has 0 bridgehead atoms. The smallest absolute Gasteiger partial charge is 0.339 e. The van der Waals surface area contributed by atoms with E-state index in [2.05, 4.69) is 15.3 Å². The lowest BCUT2D eigenvalue weighted by Crippen LogP contribution is -2.12. The Bertz CT molecular complexity index is 551. The van der Waals surface area contributed by atoms with E-state index in [4.69, 9.17) is 5.11 Å². The first-order chi connectivity index (χ1) is 8.68. The number of pyridine rings is 1. The molecule has 2 heterocycles. The third kappa shape index (κ3) is 2.65. The molecule has 0 saturated heterocycles. The van der Waals surface area contributed by atoms with Crippen molar-refractivity contribution in [2.45, 2.75) is 6.42 Å². The second-order valence-electron chi connectivity index (χ2n) is 3.88. The number of carboxylic acid groups (broad SMARTS) is 1. The summed E-state index contributed by atoms with van der Waals surface area (Å²) in [6.45, 7) is 0.608. The van der Waals surface area contributed by atoms with Crippen LogP contribution < -0.4 is 5.32 Å². The predicted molar refractivity (Wildman–Crippen MR) is 66.6 cm³/mol. The normalized spacial score (nSPS) is 10.3. The molecule has 0 saturated carbocycles. The van der Waals surface area contributed by atoms with E-state index in [-0.39, 0.29) is 5.56 Å². The van der Waals surface area contributed by atoms with Gasteiger partial charge in [-0.2, -0.15) is 0 Å². The number of carbonyl (C=O) groups is 1. The van der Waals surface area contributed by atoms with E-state index in [1.807, 2.05) is 11.6 Å². The summed E-state index contributed by atoms with van der Waals surface area (Å²) in [6, 6.07) is 3.14. The van der Waals surface area contributed by atoms with E-state index < -0.39 is 5.97 Å². The standard InChI is InChI=1S/C12H14N4O2/c1-16-8-13-7-9(16)4-6-15-11-10(12(17)18)3-2-5-14-11/h2-3,5,7-8H,4,6H2,1H3,(H,14,15)(H,17,18). The Morgan fingerprint density at radius 2 is 2.39 bits per heavy atom. The van der Waals surface area contributed by atoms with Crippen molar-refractivity contribution in [3.8, 4) is 0 Å². The molecule has 0 spiro atoms. The van der Waals surface area contributed by atoms with Crippen LogP contribution in [0.2, 0.25) is 0 Å². The number of nitrogens with one attached hydrogen (secondary N) is 1. The number of aryl methyl sites for hydroxylation is 1. The molecular weight excluding hydrogens is 232 g/mol. The molecular formula is C12H14N4O2. The van der Waals surface area contributed by atoms with Gasteiger partial charge in [-0.25, -0.2) is 14.8 Å². The van der Waals surface area contributed by atoms with Gasteiger partial charge < -0.3 is 15.0 Å². The topological polar surface area (TPSA) is 80.0 Å². The number of aromatic carboxylic acids is 1. The summed E-state index contributed by atoms with van der Waals surface area (Å²) >= 11 is 0. The van der Waals surface area contributed by atoms with Crippen molar-refractivity contribution < 1.29 is 9.90 Å². The molecule has 18 heavy (non-hydrogen) atoms. The third-order valence-electron chi connectivity index (χ3n) is 2.63. The van der Waals surface area contributed by atoms with Gasteiger partial charge in [0.2, 0.25) is 0 Å². The molecule has 0 aromatic carbocycles. The van der Waals surface area contributed by atoms with Crippen LogP contribution in [0.1, 0.15) is 16.1 Å². The minimum atomic E-state index is -0.980. The summed E-state index contributed by atoms with van der Waals surface area (Å²) in [5.41, 5.74) is 1.26. The molecule has 0 amide bonds. The van der Waals surface area contributed by atoms with Crippen LogP contribution in [-0.2, 0) is 13.5 Å². The monoisotopic (exact) mass is 246 g/mol. The van der Waals surface area contributed by atoms with Crippen molar-refractivity contribution in [1.29, 1.82) is 0 Å². The summed E-state index contributed by atoms with van der Waals surface area (Å²) in [7, 11) is 1.92. The van der Waals surface area contributed by atoms with Crippen molar-refractivity contribution in [3.05, 3.63) is 42.1 Å². The van der Waals surface area contributed by atoms with Crippen LogP contribution in [0.25, 0.3) is 0 Å². The van der Waals surface area contributed by atoms with Crippen molar-refractivity contribution in [2.75, 3.05) is 11.9 Å². The molecule has 0 atom stereocenters. The number of hydrogen-bond donors (Lipinski definition) is 2. The number of aromatic nitrogens is 3. The molecule has 0 radical (unpaired) electrons. The van der Waals surface area contributed by atoms with Gasteiger partial charge in [0.1, 0.15) is 11.4 Å². The van der Waals surface area contributed by atoms with Gasteiger partial charge in [-0.1, -0.05) is 0 Å². The van der Waals surface area contributed by atoms with E-state index in [1.165, 1.54) is 6.07 Å². The highest BCUT2D eigenvalue weighted by atomic mass is 16.4. The number of nitrogens with zero attached hydrogens (tertiary/aromatic N) is 3. The van der Waals surface area contributed by atoms with Gasteiger partial charge in [0.05, 0.1) is 6.33 Å². The summed E-state index contributed by atoms with van der Waals surface area (Å²) in [5, 5.41) is 12.0. The maximum Gasteiger partial charge on any atom is 0.339 e. The first-order valence-corrected chi connectivity index (χ1v) is 5.56. The zero-order chi connectivity index (χ0) is 13.0. The zero-order valence-corrected chi connectivity index (χ0v) is 10.00. The molecule has 0 aliphatic carbocycles. The van der Waals surface area contributed by atoms with Crippen molar-refractivity contribution >= 4 is 11.8 Å². The van der Waals surface area contributed by atoms with Crippen LogP contribution in [0, 0.1) is 0 Å². The lowest BCUT2D eigenvalue weighted by atomic mass is 10.2. The Morgan fingerprint density at radius 1 is 1.56 bits per heavy atom. The molecule has 2 aromatic heterocycles. The maximum absolute atomic E-state index is 11.0. The summed E-state index contributed by atoms with van der Waals surface area (Å²) in [6.07, 6.45) is 5.85. The lowest BCUT2D eigenvalue weighted by molar-refractivity contribution is 0.0697. The fourth-order valence-corrected chi connectivity index (χ4v) is 1.65. The Hall–Kier alpha value is -2.37. The van der Waals surface area contributed by atoms with E-state index in [0.717, 1.165) is 12.1 Å². The molecule has 0 aliphatic heterocycles. The zero-order valence-electron chi connectivity index (χ0n) is 10.00. The van der Waals surface area contributed by atoms with E-state index in [0.29, 0.717) is 12.4 Å². The van der Waals surface area contributed by atoms with Crippen LogP contribution in [0.15, 0.2) is 30.9 Å². The largest absolute Gasteiger partial charge is 0.478 e. The van der Waals surface area contributed by atoms with Gasteiger partial charge in [0.15, 0.2) is 0 Å². The van der Waals surface area contributed by atoms with Gasteiger partial charge in [-0.3, -0.25) is 0 Å². The van der Waals surface area contributed by atoms with E-state index in [9.17, 15) is 4.79 Å². The summed E-state index contributed by atoms with van der Waals surface area (Å²) < 4.78 is 1.93. The highest BCUT2D eigenvalue weighted by Gasteiger charge is 2.09. The SMILES string of the molecule is Cn1cncc1CCNc1ncccc1C(=O)O. The van der Waals surface area contributed by atoms with Crippen LogP contribution >= 0.6 is 0 Å². The van der Waals surface area contributed by atoms with Gasteiger partial charge in [-0.15, -0.1) is 0 Å². The van der Waals surface area contributed by atoms with Crippen LogP contribution in [0.5, 0.6) is 0 Å². The quantitative estimate of drug-likeness (QED) is 0.827. The third-order valence-corrected chi connectivity index (χ3v) is 2.63. The Morgan fingerprint density at radius 3 is 3.06 bits per heavy atom. The Balaban J connectivity index is 1.99. The van der Waals surface area contributed by atoms with Crippen LogP contribution in [0.4, 0.5) is 5.82 Å². The van der Waals surface area contributed by atoms with Gasteiger partial charge in [-0.05, 0) is 12.1 Å². The molecule has 94 valence electrons. The molecule has 6 nitrogen and oxygen atoms in total. The van der Waals surface area contributed by atoms with E-state index in [1.54, 1.807) is 24.8 Å². The molecule has 0 unspecified atom stereocenters. The maximum atomic E-state index is 11.0. The molecule has 6 heteroatoms. The Kier molecular flexibility index (Phi) is 3.57. The van der Waals surface area contributed by atoms with Gasteiger partial charge in [0, 0.05) is 38.1 Å². The number of hydrogen-bond acceptors (Lipinski definition) is 4. The second-order valence-corrected chi connectivity index (χ2v) is 3.88. The van der Waals surface area contributed by atoms with Gasteiger partial charge >= 0.3 is 5.97 Å². The van der Waals surface area contributed by atoms with Crippen molar-refractivity contribution in [2.24, 2.45) is 7.05 Å². The first-order valence-electron chi connectivity index (χ1n) is 5.56. The summed E-state index contributed by atoms with van der Waals surface area (Å²) in [4.78, 5) is 19.0. The number of carboxylic acids is 1. The Labute approximate surface area is 104 Å². The van der Waals surface area contributed by atoms with Gasteiger partial charge in [0.25, 0.3) is 0 Å². The average Bonchev–Trinajstić information content (AvgIpc) is 2.76. The minimum absolute atomic E-state index is 0.183. The number of anilines is 1.